The smallest absolute Gasteiger partial charge is 0.320 e. The molecule has 0 aliphatic rings. The van der Waals surface area contributed by atoms with Crippen LogP contribution in [0.2, 0.25) is 0 Å². The summed E-state index contributed by atoms with van der Waals surface area (Å²) in [6.07, 6.45) is -0.169. The summed E-state index contributed by atoms with van der Waals surface area (Å²) in [5.41, 5.74) is 1.09. The molecule has 8 heteroatoms. The van der Waals surface area contributed by atoms with Crippen LogP contribution in [-0.4, -0.2) is 33.4 Å². The maximum Gasteiger partial charge on any atom is 0.320 e. The van der Waals surface area contributed by atoms with Crippen molar-refractivity contribution >= 4 is 17.8 Å². The number of aliphatic carboxylic acids is 1. The van der Waals surface area contributed by atoms with Gasteiger partial charge in [0.2, 0.25) is 0 Å². The second kappa shape index (κ2) is 7.33. The third kappa shape index (κ3) is 5.03. The molecule has 0 radical (unpaired) electrons. The molecule has 0 spiro atoms. The summed E-state index contributed by atoms with van der Waals surface area (Å²) >= 11 is 0. The molecule has 0 saturated carbocycles. The third-order valence-corrected chi connectivity index (χ3v) is 3.42. The maximum atomic E-state index is 13.2. The van der Waals surface area contributed by atoms with E-state index in [2.05, 4.69) is 15.7 Å². The molecule has 0 saturated heterocycles. The summed E-state index contributed by atoms with van der Waals surface area (Å²) in [5, 5.41) is 18.2. The van der Waals surface area contributed by atoms with Gasteiger partial charge in [0.15, 0.2) is 0 Å². The second-order valence-electron chi connectivity index (χ2n) is 6.58. The number of halogens is 1. The molecule has 2 aromatic rings. The third-order valence-electron chi connectivity index (χ3n) is 3.42. The average Bonchev–Trinajstić information content (AvgIpc) is 2.91. The van der Waals surface area contributed by atoms with Crippen molar-refractivity contribution in [3.8, 4) is 5.69 Å². The zero-order chi connectivity index (χ0) is 18.6. The molecule has 0 atom stereocenters. The van der Waals surface area contributed by atoms with Gasteiger partial charge in [-0.1, -0.05) is 20.8 Å². The molecule has 0 bridgehead atoms. The number of amides is 2. The minimum absolute atomic E-state index is 0.0119. The summed E-state index contributed by atoms with van der Waals surface area (Å²) in [6.45, 7) is 5.97. The predicted molar refractivity (Wildman–Crippen MR) is 91.5 cm³/mol. The minimum Gasteiger partial charge on any atom is -0.481 e. The van der Waals surface area contributed by atoms with Gasteiger partial charge in [0.1, 0.15) is 11.6 Å². The fraction of sp³-hybridized carbons (Fsp3) is 0.353. The lowest BCUT2D eigenvalue weighted by Crippen LogP contribution is -2.31. The lowest BCUT2D eigenvalue weighted by molar-refractivity contribution is -0.136. The summed E-state index contributed by atoms with van der Waals surface area (Å²) < 4.78 is 14.7. The van der Waals surface area contributed by atoms with Crippen LogP contribution in [0.1, 0.15) is 32.9 Å². The zero-order valence-corrected chi connectivity index (χ0v) is 14.3. The van der Waals surface area contributed by atoms with Crippen LogP contribution in [0.25, 0.3) is 5.69 Å². The number of carbonyl (C=O) groups is 2. The van der Waals surface area contributed by atoms with Crippen LogP contribution in [0, 0.1) is 5.82 Å². The van der Waals surface area contributed by atoms with Gasteiger partial charge in [-0.2, -0.15) is 5.10 Å². The Balaban J connectivity index is 2.26. The number of carboxylic acid groups (broad SMARTS) is 1. The van der Waals surface area contributed by atoms with E-state index >= 15 is 0 Å². The molecule has 0 aliphatic carbocycles. The van der Waals surface area contributed by atoms with E-state index in [1.165, 1.54) is 16.8 Å². The predicted octanol–water partition coefficient (Wildman–Crippen LogP) is 2.91. The van der Waals surface area contributed by atoms with Crippen LogP contribution in [-0.2, 0) is 10.2 Å². The van der Waals surface area contributed by atoms with Crippen LogP contribution >= 0.6 is 0 Å². The lowest BCUT2D eigenvalue weighted by atomic mass is 9.92. The molecule has 2 amide bonds. The van der Waals surface area contributed by atoms with E-state index in [1.54, 1.807) is 18.2 Å². The van der Waals surface area contributed by atoms with Crippen LogP contribution in [0.5, 0.6) is 0 Å². The Labute approximate surface area is 144 Å². The monoisotopic (exact) mass is 348 g/mol. The first-order valence-corrected chi connectivity index (χ1v) is 7.80. The van der Waals surface area contributed by atoms with Gasteiger partial charge < -0.3 is 10.4 Å². The van der Waals surface area contributed by atoms with Gasteiger partial charge in [-0.05, 0) is 24.3 Å². The number of benzene rings is 1. The number of anilines is 1. The number of hydrogen-bond acceptors (Lipinski definition) is 3. The Bertz CT molecular complexity index is 763. The van der Waals surface area contributed by atoms with Crippen molar-refractivity contribution in [1.29, 1.82) is 0 Å². The van der Waals surface area contributed by atoms with E-state index in [9.17, 15) is 14.0 Å². The summed E-state index contributed by atoms with van der Waals surface area (Å²) in [7, 11) is 0. The van der Waals surface area contributed by atoms with E-state index in [0.29, 0.717) is 11.5 Å². The number of carboxylic acids is 1. The molecule has 0 aliphatic heterocycles. The van der Waals surface area contributed by atoms with Crippen molar-refractivity contribution in [3.05, 3.63) is 41.8 Å². The summed E-state index contributed by atoms with van der Waals surface area (Å²) in [4.78, 5) is 22.5. The van der Waals surface area contributed by atoms with Crippen LogP contribution in [0.3, 0.4) is 0 Å². The number of aromatic nitrogens is 2. The highest BCUT2D eigenvalue weighted by Gasteiger charge is 2.21. The van der Waals surface area contributed by atoms with E-state index in [4.69, 9.17) is 5.11 Å². The largest absolute Gasteiger partial charge is 0.481 e. The molecule has 1 aromatic carbocycles. The standard InChI is InChI=1S/C17H21FN4O3/c1-17(2,3)13-10-14(20-16(25)19-9-8-15(23)24)22(21-13)12-6-4-11(18)5-7-12/h4-7,10H,8-9H2,1-3H3,(H,23,24)(H2,19,20,25). The Hall–Kier alpha value is -2.90. The SMILES string of the molecule is CC(C)(C)c1cc(NC(=O)NCCC(=O)O)n(-c2ccc(F)cc2)n1. The van der Waals surface area contributed by atoms with Crippen molar-refractivity contribution in [2.75, 3.05) is 11.9 Å². The van der Waals surface area contributed by atoms with E-state index < -0.39 is 12.0 Å². The van der Waals surface area contributed by atoms with Crippen LogP contribution in [0.4, 0.5) is 15.0 Å². The minimum atomic E-state index is -0.994. The van der Waals surface area contributed by atoms with Gasteiger partial charge in [-0.25, -0.2) is 13.9 Å². The molecule has 2 rings (SSSR count). The van der Waals surface area contributed by atoms with Crippen molar-refractivity contribution in [3.63, 3.8) is 0 Å². The molecule has 0 fully saturated rings. The van der Waals surface area contributed by atoms with Gasteiger partial charge in [-0.3, -0.25) is 10.1 Å². The number of urea groups is 1. The van der Waals surface area contributed by atoms with Crippen molar-refractivity contribution in [2.45, 2.75) is 32.6 Å². The first kappa shape index (κ1) is 18.4. The number of nitrogens with zero attached hydrogens (tertiary/aromatic N) is 2. The van der Waals surface area contributed by atoms with Gasteiger partial charge >= 0.3 is 12.0 Å². The fourth-order valence-corrected chi connectivity index (χ4v) is 2.06. The summed E-state index contributed by atoms with van der Waals surface area (Å²) in [5.74, 6) is -0.955. The first-order chi connectivity index (χ1) is 11.7. The highest BCUT2D eigenvalue weighted by molar-refractivity contribution is 5.89. The molecule has 3 N–H and O–H groups in total. The molecular weight excluding hydrogens is 327 g/mol. The molecule has 0 unspecified atom stereocenters. The van der Waals surface area contributed by atoms with E-state index in [-0.39, 0.29) is 24.2 Å². The summed E-state index contributed by atoms with van der Waals surface area (Å²) in [6, 6.07) is 6.93. The molecule has 7 nitrogen and oxygen atoms in total. The van der Waals surface area contributed by atoms with Gasteiger partial charge in [0.25, 0.3) is 0 Å². The van der Waals surface area contributed by atoms with Crippen molar-refractivity contribution in [2.24, 2.45) is 0 Å². The Kier molecular flexibility index (Phi) is 5.41. The zero-order valence-electron chi connectivity index (χ0n) is 14.3. The quantitative estimate of drug-likeness (QED) is 0.774. The molecular formula is C17H21FN4O3. The Morgan fingerprint density at radius 2 is 1.88 bits per heavy atom. The Morgan fingerprint density at radius 3 is 2.44 bits per heavy atom. The fourth-order valence-electron chi connectivity index (χ4n) is 2.06. The molecule has 134 valence electrons. The van der Waals surface area contributed by atoms with E-state index in [0.717, 1.165) is 5.69 Å². The highest BCUT2D eigenvalue weighted by Crippen LogP contribution is 2.26. The normalized spacial score (nSPS) is 11.2. The first-order valence-electron chi connectivity index (χ1n) is 7.80. The van der Waals surface area contributed by atoms with Crippen LogP contribution < -0.4 is 10.6 Å². The average molecular weight is 348 g/mol. The molecule has 1 aromatic heterocycles. The van der Waals surface area contributed by atoms with Gasteiger partial charge in [0, 0.05) is 18.0 Å². The second-order valence-corrected chi connectivity index (χ2v) is 6.58. The Morgan fingerprint density at radius 1 is 1.24 bits per heavy atom. The molecule has 25 heavy (non-hydrogen) atoms. The number of carbonyl (C=O) groups excluding carboxylic acids is 1. The number of nitrogens with one attached hydrogen (secondary N) is 2. The van der Waals surface area contributed by atoms with Crippen molar-refractivity contribution in [1.82, 2.24) is 15.1 Å². The van der Waals surface area contributed by atoms with Gasteiger partial charge in [0.05, 0.1) is 17.8 Å². The highest BCUT2D eigenvalue weighted by atomic mass is 19.1. The topological polar surface area (TPSA) is 96.3 Å². The van der Waals surface area contributed by atoms with Crippen LogP contribution in [0.15, 0.2) is 30.3 Å². The van der Waals surface area contributed by atoms with Crippen molar-refractivity contribution < 1.29 is 19.1 Å². The van der Waals surface area contributed by atoms with Gasteiger partial charge in [-0.15, -0.1) is 0 Å². The lowest BCUT2D eigenvalue weighted by Gasteiger charge is -2.14. The maximum absolute atomic E-state index is 13.2. The number of rotatable bonds is 5. The van der Waals surface area contributed by atoms with E-state index in [1.807, 2.05) is 20.8 Å². The number of hydrogen-bond donors (Lipinski definition) is 3. The molecule has 1 heterocycles.